The van der Waals surface area contributed by atoms with Crippen LogP contribution in [0.3, 0.4) is 0 Å². The van der Waals surface area contributed by atoms with Crippen molar-refractivity contribution in [3.63, 3.8) is 0 Å². The Kier molecular flexibility index (Phi) is 6.86. The molecule has 4 nitrogen and oxygen atoms in total. The fraction of sp³-hybridized carbons (Fsp3) is 0.520. The lowest BCUT2D eigenvalue weighted by Gasteiger charge is -2.33. The minimum absolute atomic E-state index is 0.00998. The number of hydrogen-bond acceptors (Lipinski definition) is 4. The van der Waals surface area contributed by atoms with Crippen molar-refractivity contribution >= 4 is 0 Å². The maximum atomic E-state index is 9.11. The molecular formula is C25H34O4. The van der Waals surface area contributed by atoms with E-state index in [1.54, 1.807) is 0 Å². The molecule has 4 heteroatoms. The molecule has 158 valence electrons. The second-order valence-electron chi connectivity index (χ2n) is 8.31. The molecule has 2 N–H and O–H groups in total. The van der Waals surface area contributed by atoms with E-state index in [0.29, 0.717) is 13.2 Å². The van der Waals surface area contributed by atoms with Crippen molar-refractivity contribution < 1.29 is 19.7 Å². The Hall–Kier alpha value is -2.04. The van der Waals surface area contributed by atoms with Crippen LogP contribution < -0.4 is 9.47 Å². The van der Waals surface area contributed by atoms with Crippen molar-refractivity contribution in [1.82, 2.24) is 0 Å². The van der Waals surface area contributed by atoms with Crippen molar-refractivity contribution in [2.75, 3.05) is 26.4 Å². The monoisotopic (exact) mass is 398 g/mol. The molecule has 2 aromatic carbocycles. The Bertz CT molecular complexity index is 738. The average Bonchev–Trinajstić information content (AvgIpc) is 3.18. The van der Waals surface area contributed by atoms with Gasteiger partial charge >= 0.3 is 0 Å². The molecule has 0 heterocycles. The summed E-state index contributed by atoms with van der Waals surface area (Å²) in [5.74, 6) is 1.77. The first-order valence-electron chi connectivity index (χ1n) is 10.6. The molecule has 1 aliphatic carbocycles. The van der Waals surface area contributed by atoms with Crippen LogP contribution in [0.2, 0.25) is 0 Å². The maximum absolute atomic E-state index is 9.11. The molecule has 0 spiro atoms. The maximum Gasteiger partial charge on any atom is 0.125 e. The van der Waals surface area contributed by atoms with E-state index in [1.807, 2.05) is 0 Å². The van der Waals surface area contributed by atoms with E-state index >= 15 is 0 Å². The third-order valence-electron chi connectivity index (χ3n) is 6.16. The number of aryl methyl sites for hydroxylation is 4. The zero-order chi connectivity index (χ0) is 21.0. The van der Waals surface area contributed by atoms with Gasteiger partial charge in [-0.25, -0.2) is 0 Å². The second-order valence-corrected chi connectivity index (χ2v) is 8.31. The Morgan fingerprint density at radius 3 is 1.34 bits per heavy atom. The predicted octanol–water partition coefficient (Wildman–Crippen LogP) is 4.52. The van der Waals surface area contributed by atoms with Gasteiger partial charge in [-0.2, -0.15) is 0 Å². The molecule has 0 amide bonds. The number of hydrogen-bond donors (Lipinski definition) is 2. The van der Waals surface area contributed by atoms with Crippen molar-refractivity contribution in [2.24, 2.45) is 0 Å². The first-order valence-corrected chi connectivity index (χ1v) is 10.6. The summed E-state index contributed by atoms with van der Waals surface area (Å²) in [7, 11) is 0. The minimum atomic E-state index is 0.00998. The van der Waals surface area contributed by atoms with Gasteiger partial charge in [0, 0.05) is 5.41 Å². The summed E-state index contributed by atoms with van der Waals surface area (Å²) in [6.45, 7) is 9.05. The van der Waals surface area contributed by atoms with Crippen LogP contribution in [0.5, 0.6) is 11.5 Å². The van der Waals surface area contributed by atoms with Gasteiger partial charge < -0.3 is 19.7 Å². The van der Waals surface area contributed by atoms with E-state index in [1.165, 1.54) is 24.0 Å². The summed E-state index contributed by atoms with van der Waals surface area (Å²) in [5.41, 5.74) is 7.20. The van der Waals surface area contributed by atoms with Crippen LogP contribution in [0.1, 0.15) is 59.1 Å². The topological polar surface area (TPSA) is 58.9 Å². The highest BCUT2D eigenvalue weighted by atomic mass is 16.5. The van der Waals surface area contributed by atoms with E-state index in [2.05, 4.69) is 52.0 Å². The van der Waals surface area contributed by atoms with E-state index < -0.39 is 0 Å². The van der Waals surface area contributed by atoms with E-state index in [-0.39, 0.29) is 18.6 Å². The number of aliphatic hydroxyl groups excluding tert-OH is 2. The van der Waals surface area contributed by atoms with Crippen LogP contribution in [0.4, 0.5) is 0 Å². The molecule has 1 saturated carbocycles. The Morgan fingerprint density at radius 1 is 0.690 bits per heavy atom. The zero-order valence-electron chi connectivity index (χ0n) is 18.2. The van der Waals surface area contributed by atoms with Gasteiger partial charge in [-0.1, -0.05) is 37.1 Å². The summed E-state index contributed by atoms with van der Waals surface area (Å²) in [4.78, 5) is 0. The molecule has 0 aliphatic heterocycles. The van der Waals surface area contributed by atoms with Crippen LogP contribution in [-0.2, 0) is 5.41 Å². The summed E-state index contributed by atoms with van der Waals surface area (Å²) in [6.07, 6.45) is 4.72. The fourth-order valence-corrected chi connectivity index (χ4v) is 4.93. The van der Waals surface area contributed by atoms with Crippen molar-refractivity contribution in [1.29, 1.82) is 0 Å². The third kappa shape index (κ3) is 4.29. The molecule has 2 aromatic rings. The molecule has 0 radical (unpaired) electrons. The summed E-state index contributed by atoms with van der Waals surface area (Å²) < 4.78 is 11.6. The minimum Gasteiger partial charge on any atom is -0.491 e. The smallest absolute Gasteiger partial charge is 0.125 e. The Labute approximate surface area is 174 Å². The first kappa shape index (κ1) is 21.7. The molecular weight excluding hydrogens is 364 g/mol. The molecule has 0 aromatic heterocycles. The molecule has 0 atom stereocenters. The largest absolute Gasteiger partial charge is 0.491 e. The van der Waals surface area contributed by atoms with Gasteiger partial charge in [0.2, 0.25) is 0 Å². The van der Waals surface area contributed by atoms with Crippen molar-refractivity contribution in [2.45, 2.75) is 58.8 Å². The SMILES string of the molecule is Cc1cc(C2(c3cc(C)c(OCCO)c(C)c3)CCCC2)cc(C)c1OCCO. The van der Waals surface area contributed by atoms with Crippen molar-refractivity contribution in [3.05, 3.63) is 57.6 Å². The predicted molar refractivity (Wildman–Crippen MR) is 116 cm³/mol. The molecule has 1 aliphatic rings. The van der Waals surface area contributed by atoms with Gasteiger partial charge in [-0.15, -0.1) is 0 Å². The highest BCUT2D eigenvalue weighted by Gasteiger charge is 2.38. The normalized spacial score (nSPS) is 15.5. The molecule has 3 rings (SSSR count). The summed E-state index contributed by atoms with van der Waals surface area (Å²) in [5, 5.41) is 18.2. The number of rotatable bonds is 8. The quantitative estimate of drug-likeness (QED) is 0.686. The van der Waals surface area contributed by atoms with E-state index in [4.69, 9.17) is 19.7 Å². The van der Waals surface area contributed by atoms with E-state index in [0.717, 1.165) is 46.6 Å². The first-order chi connectivity index (χ1) is 13.9. The molecule has 0 unspecified atom stereocenters. The van der Waals surface area contributed by atoms with Gasteiger partial charge in [0.25, 0.3) is 0 Å². The van der Waals surface area contributed by atoms with Crippen molar-refractivity contribution in [3.8, 4) is 11.5 Å². The lowest BCUT2D eigenvalue weighted by atomic mass is 9.71. The van der Waals surface area contributed by atoms with Gasteiger partial charge in [-0.05, 0) is 73.9 Å². The van der Waals surface area contributed by atoms with E-state index in [9.17, 15) is 0 Å². The van der Waals surface area contributed by atoms with Crippen LogP contribution >= 0.6 is 0 Å². The van der Waals surface area contributed by atoms with Crippen LogP contribution in [0.25, 0.3) is 0 Å². The zero-order valence-corrected chi connectivity index (χ0v) is 18.2. The van der Waals surface area contributed by atoms with Crippen LogP contribution in [-0.4, -0.2) is 36.6 Å². The molecule has 0 saturated heterocycles. The van der Waals surface area contributed by atoms with Gasteiger partial charge in [0.05, 0.1) is 13.2 Å². The molecule has 1 fully saturated rings. The molecule has 29 heavy (non-hydrogen) atoms. The van der Waals surface area contributed by atoms with Crippen LogP contribution in [0.15, 0.2) is 24.3 Å². The highest BCUT2D eigenvalue weighted by molar-refractivity contribution is 5.53. The highest BCUT2D eigenvalue weighted by Crippen LogP contribution is 2.49. The second kappa shape index (κ2) is 9.19. The van der Waals surface area contributed by atoms with Gasteiger partial charge in [0.15, 0.2) is 0 Å². The Morgan fingerprint density at radius 2 is 1.03 bits per heavy atom. The fourth-order valence-electron chi connectivity index (χ4n) is 4.93. The van der Waals surface area contributed by atoms with Gasteiger partial charge in [0.1, 0.15) is 24.7 Å². The van der Waals surface area contributed by atoms with Gasteiger partial charge in [-0.3, -0.25) is 0 Å². The summed E-state index contributed by atoms with van der Waals surface area (Å²) >= 11 is 0. The van der Waals surface area contributed by atoms with Crippen LogP contribution in [0, 0.1) is 27.7 Å². The lowest BCUT2D eigenvalue weighted by molar-refractivity contribution is 0.200. The number of benzene rings is 2. The Balaban J connectivity index is 2.06. The molecule has 0 bridgehead atoms. The standard InChI is InChI=1S/C25H34O4/c1-17-13-21(14-18(2)23(17)28-11-9-26)25(7-5-6-8-25)22-15-19(3)24(20(4)16-22)29-12-10-27/h13-16,26-27H,5-12H2,1-4H3. The lowest BCUT2D eigenvalue weighted by Crippen LogP contribution is -2.25. The summed E-state index contributed by atoms with van der Waals surface area (Å²) in [6, 6.07) is 9.08. The third-order valence-corrected chi connectivity index (χ3v) is 6.16. The number of aliphatic hydroxyl groups is 2. The number of ether oxygens (including phenoxy) is 2. The average molecular weight is 399 g/mol.